The third-order valence-corrected chi connectivity index (χ3v) is 3.98. The standard InChI is InChI=1S/C21H17NO/c1-3-8-16(9-4-1)14-18-12-7-13-19-21(18)23-20(22-19)15-17-10-5-2-6-11-17/h1-13H,14-15H2. The number of fused-ring (bicyclic) bond motifs is 1. The van der Waals surface area contributed by atoms with Crippen LogP contribution in [0.5, 0.6) is 0 Å². The molecule has 112 valence electrons. The fourth-order valence-electron chi connectivity index (χ4n) is 2.85. The summed E-state index contributed by atoms with van der Waals surface area (Å²) in [5.41, 5.74) is 5.51. The van der Waals surface area contributed by atoms with Gasteiger partial charge in [0, 0.05) is 18.4 Å². The molecule has 3 aromatic carbocycles. The number of nitrogens with zero attached hydrogens (tertiary/aromatic N) is 1. The maximum absolute atomic E-state index is 6.06. The molecule has 2 heteroatoms. The lowest BCUT2D eigenvalue weighted by Crippen LogP contribution is -1.88. The molecular formula is C21H17NO. The highest BCUT2D eigenvalue weighted by Crippen LogP contribution is 2.23. The SMILES string of the molecule is c1ccc(Cc2nc3cccc(Cc4ccccc4)c3o2)cc1. The lowest BCUT2D eigenvalue weighted by molar-refractivity contribution is 0.541. The first-order valence-electron chi connectivity index (χ1n) is 7.84. The van der Waals surface area contributed by atoms with E-state index in [1.807, 2.05) is 30.3 Å². The second-order valence-electron chi connectivity index (χ2n) is 5.70. The average Bonchev–Trinajstić information content (AvgIpc) is 3.00. The Hall–Kier alpha value is -2.87. The van der Waals surface area contributed by atoms with E-state index in [0.29, 0.717) is 0 Å². The summed E-state index contributed by atoms with van der Waals surface area (Å²) in [6.45, 7) is 0. The topological polar surface area (TPSA) is 26.0 Å². The van der Waals surface area contributed by atoms with Crippen molar-refractivity contribution in [1.29, 1.82) is 0 Å². The van der Waals surface area contributed by atoms with E-state index in [0.717, 1.165) is 29.8 Å². The first-order valence-corrected chi connectivity index (χ1v) is 7.84. The van der Waals surface area contributed by atoms with E-state index in [-0.39, 0.29) is 0 Å². The van der Waals surface area contributed by atoms with E-state index in [1.54, 1.807) is 0 Å². The van der Waals surface area contributed by atoms with Crippen LogP contribution in [0.4, 0.5) is 0 Å². The molecule has 0 N–H and O–H groups in total. The minimum Gasteiger partial charge on any atom is -0.440 e. The van der Waals surface area contributed by atoms with Crippen LogP contribution in [0.15, 0.2) is 83.3 Å². The molecule has 1 aromatic heterocycles. The van der Waals surface area contributed by atoms with Crippen LogP contribution < -0.4 is 0 Å². The summed E-state index contributed by atoms with van der Waals surface area (Å²) < 4.78 is 6.06. The molecule has 0 radical (unpaired) electrons. The molecule has 0 amide bonds. The number of oxazole rings is 1. The number of benzene rings is 3. The van der Waals surface area contributed by atoms with Crippen molar-refractivity contribution in [3.8, 4) is 0 Å². The molecule has 23 heavy (non-hydrogen) atoms. The summed E-state index contributed by atoms with van der Waals surface area (Å²) in [7, 11) is 0. The van der Waals surface area contributed by atoms with Crippen LogP contribution in [0.2, 0.25) is 0 Å². The van der Waals surface area contributed by atoms with E-state index < -0.39 is 0 Å². The van der Waals surface area contributed by atoms with E-state index in [1.165, 1.54) is 16.7 Å². The highest BCUT2D eigenvalue weighted by Gasteiger charge is 2.10. The molecular weight excluding hydrogens is 282 g/mol. The molecule has 0 unspecified atom stereocenters. The maximum atomic E-state index is 6.06. The van der Waals surface area contributed by atoms with E-state index >= 15 is 0 Å². The number of hydrogen-bond donors (Lipinski definition) is 0. The Labute approximate surface area is 135 Å². The van der Waals surface area contributed by atoms with Gasteiger partial charge in [0.25, 0.3) is 0 Å². The van der Waals surface area contributed by atoms with Crippen LogP contribution in [-0.2, 0) is 12.8 Å². The van der Waals surface area contributed by atoms with Crippen LogP contribution in [0.25, 0.3) is 11.1 Å². The fraction of sp³-hybridized carbons (Fsp3) is 0.0952. The Morgan fingerprint density at radius 3 is 2.00 bits per heavy atom. The second kappa shape index (κ2) is 6.09. The van der Waals surface area contributed by atoms with Gasteiger partial charge >= 0.3 is 0 Å². The number of aromatic nitrogens is 1. The van der Waals surface area contributed by atoms with Gasteiger partial charge in [0.15, 0.2) is 11.5 Å². The van der Waals surface area contributed by atoms with Crippen molar-refractivity contribution in [2.75, 3.05) is 0 Å². The van der Waals surface area contributed by atoms with Crippen molar-refractivity contribution in [3.05, 3.63) is 101 Å². The fourth-order valence-corrected chi connectivity index (χ4v) is 2.85. The van der Waals surface area contributed by atoms with Gasteiger partial charge in [-0.1, -0.05) is 72.8 Å². The molecule has 4 rings (SSSR count). The van der Waals surface area contributed by atoms with Crippen LogP contribution in [0.1, 0.15) is 22.6 Å². The first-order chi connectivity index (χ1) is 11.4. The van der Waals surface area contributed by atoms with Gasteiger partial charge in [-0.15, -0.1) is 0 Å². The number of rotatable bonds is 4. The summed E-state index contributed by atoms with van der Waals surface area (Å²) in [4.78, 5) is 4.64. The molecule has 0 fully saturated rings. The lowest BCUT2D eigenvalue weighted by Gasteiger charge is -2.02. The molecule has 4 aromatic rings. The number of para-hydroxylation sites is 1. The van der Waals surface area contributed by atoms with Crippen LogP contribution in [-0.4, -0.2) is 4.98 Å². The lowest BCUT2D eigenvalue weighted by atomic mass is 10.0. The minimum atomic E-state index is 0.723. The molecule has 1 heterocycles. The zero-order chi connectivity index (χ0) is 15.5. The normalized spacial score (nSPS) is 11.0. The predicted molar refractivity (Wildman–Crippen MR) is 92.5 cm³/mol. The number of hydrogen-bond acceptors (Lipinski definition) is 2. The average molecular weight is 299 g/mol. The van der Waals surface area contributed by atoms with Gasteiger partial charge in [0.1, 0.15) is 5.52 Å². The highest BCUT2D eigenvalue weighted by atomic mass is 16.3. The summed E-state index contributed by atoms with van der Waals surface area (Å²) in [5, 5.41) is 0. The second-order valence-corrected chi connectivity index (χ2v) is 5.70. The quantitative estimate of drug-likeness (QED) is 0.529. The van der Waals surface area contributed by atoms with Crippen LogP contribution >= 0.6 is 0 Å². The van der Waals surface area contributed by atoms with Gasteiger partial charge in [-0.2, -0.15) is 0 Å². The van der Waals surface area contributed by atoms with E-state index in [4.69, 9.17) is 4.42 Å². The van der Waals surface area contributed by atoms with Crippen molar-refractivity contribution < 1.29 is 4.42 Å². The Morgan fingerprint density at radius 1 is 0.652 bits per heavy atom. The third kappa shape index (κ3) is 3.02. The largest absolute Gasteiger partial charge is 0.440 e. The monoisotopic (exact) mass is 299 g/mol. The first kappa shape index (κ1) is 13.8. The molecule has 0 saturated carbocycles. The molecule has 2 nitrogen and oxygen atoms in total. The van der Waals surface area contributed by atoms with E-state index in [9.17, 15) is 0 Å². The minimum absolute atomic E-state index is 0.723. The van der Waals surface area contributed by atoms with Crippen molar-refractivity contribution in [3.63, 3.8) is 0 Å². The molecule has 0 aliphatic rings. The summed E-state index contributed by atoms with van der Waals surface area (Å²) >= 11 is 0. The highest BCUT2D eigenvalue weighted by molar-refractivity contribution is 5.76. The van der Waals surface area contributed by atoms with Gasteiger partial charge < -0.3 is 4.42 Å². The van der Waals surface area contributed by atoms with Gasteiger partial charge in [0.05, 0.1) is 0 Å². The Kier molecular flexibility index (Phi) is 3.65. The zero-order valence-corrected chi connectivity index (χ0v) is 12.8. The van der Waals surface area contributed by atoms with Gasteiger partial charge in [0.2, 0.25) is 0 Å². The third-order valence-electron chi connectivity index (χ3n) is 3.98. The maximum Gasteiger partial charge on any atom is 0.199 e. The summed E-state index contributed by atoms with van der Waals surface area (Å²) in [6.07, 6.45) is 1.58. The molecule has 0 aliphatic carbocycles. The predicted octanol–water partition coefficient (Wildman–Crippen LogP) is 5.01. The molecule has 0 atom stereocenters. The van der Waals surface area contributed by atoms with Gasteiger partial charge in [-0.3, -0.25) is 0 Å². The smallest absolute Gasteiger partial charge is 0.199 e. The van der Waals surface area contributed by atoms with Crippen molar-refractivity contribution in [1.82, 2.24) is 4.98 Å². The van der Waals surface area contributed by atoms with Crippen LogP contribution in [0, 0.1) is 0 Å². The van der Waals surface area contributed by atoms with Gasteiger partial charge in [-0.25, -0.2) is 4.98 Å². The molecule has 0 spiro atoms. The Balaban J connectivity index is 1.67. The molecule has 0 aliphatic heterocycles. The summed E-state index contributed by atoms with van der Waals surface area (Å²) in [6, 6.07) is 26.9. The Bertz CT molecular complexity index is 910. The zero-order valence-electron chi connectivity index (χ0n) is 12.8. The Morgan fingerprint density at radius 2 is 1.30 bits per heavy atom. The summed E-state index contributed by atoms with van der Waals surface area (Å²) in [5.74, 6) is 0.770. The van der Waals surface area contributed by atoms with Crippen molar-refractivity contribution >= 4 is 11.1 Å². The van der Waals surface area contributed by atoms with Crippen LogP contribution in [0.3, 0.4) is 0 Å². The van der Waals surface area contributed by atoms with Crippen molar-refractivity contribution in [2.24, 2.45) is 0 Å². The molecule has 0 saturated heterocycles. The van der Waals surface area contributed by atoms with E-state index in [2.05, 4.69) is 53.5 Å². The molecule has 0 bridgehead atoms. The van der Waals surface area contributed by atoms with Gasteiger partial charge in [-0.05, 0) is 17.2 Å². The van der Waals surface area contributed by atoms with Crippen molar-refractivity contribution in [2.45, 2.75) is 12.8 Å².